The third kappa shape index (κ3) is 3.89. The number of hydrogen-bond donors (Lipinski definition) is 0. The van der Waals surface area contributed by atoms with Gasteiger partial charge in [0.15, 0.2) is 0 Å². The first kappa shape index (κ1) is 14.2. The van der Waals surface area contributed by atoms with Crippen LogP contribution in [0.25, 0.3) is 12.2 Å². The second-order valence-electron chi connectivity index (χ2n) is 4.31. The van der Waals surface area contributed by atoms with Gasteiger partial charge in [-0.2, -0.15) is 0 Å². The molecule has 0 aliphatic heterocycles. The van der Waals surface area contributed by atoms with E-state index in [2.05, 4.69) is 24.3 Å². The van der Waals surface area contributed by atoms with Crippen molar-refractivity contribution in [2.24, 2.45) is 0 Å². The van der Waals surface area contributed by atoms with Crippen molar-refractivity contribution in [3.8, 4) is 11.5 Å². The van der Waals surface area contributed by atoms with Gasteiger partial charge < -0.3 is 9.47 Å². The van der Waals surface area contributed by atoms with E-state index in [0.29, 0.717) is 13.2 Å². The lowest BCUT2D eigenvalue weighted by Crippen LogP contribution is -1.96. The lowest BCUT2D eigenvalue weighted by Gasteiger charge is -2.10. The van der Waals surface area contributed by atoms with Gasteiger partial charge in [0.2, 0.25) is 0 Å². The molecule has 0 bridgehead atoms. The monoisotopic (exact) mass is 268 g/mol. The molecule has 2 aromatic rings. The first-order valence-corrected chi connectivity index (χ1v) is 6.96. The third-order valence-electron chi connectivity index (χ3n) is 2.85. The molecule has 20 heavy (non-hydrogen) atoms. The summed E-state index contributed by atoms with van der Waals surface area (Å²) < 4.78 is 11.2. The molecule has 0 aliphatic rings. The van der Waals surface area contributed by atoms with Crippen molar-refractivity contribution in [1.82, 2.24) is 0 Å². The molecule has 2 heteroatoms. The first-order valence-electron chi connectivity index (χ1n) is 6.96. The molecule has 0 aliphatic carbocycles. The van der Waals surface area contributed by atoms with Crippen molar-refractivity contribution >= 4 is 12.2 Å². The Morgan fingerprint density at radius 3 is 2.30 bits per heavy atom. The summed E-state index contributed by atoms with van der Waals surface area (Å²) in [7, 11) is 0. The van der Waals surface area contributed by atoms with E-state index in [0.717, 1.165) is 22.6 Å². The molecule has 0 radical (unpaired) electrons. The molecule has 0 saturated heterocycles. The van der Waals surface area contributed by atoms with Crippen LogP contribution in [0.15, 0.2) is 48.5 Å². The van der Waals surface area contributed by atoms with Gasteiger partial charge in [-0.1, -0.05) is 42.5 Å². The highest BCUT2D eigenvalue weighted by Gasteiger charge is 2.03. The molecule has 0 fully saturated rings. The molecule has 0 amide bonds. The fourth-order valence-electron chi connectivity index (χ4n) is 1.95. The Balaban J connectivity index is 2.27. The predicted molar refractivity (Wildman–Crippen MR) is 84.2 cm³/mol. The zero-order chi connectivity index (χ0) is 14.2. The van der Waals surface area contributed by atoms with Crippen molar-refractivity contribution in [3.05, 3.63) is 59.7 Å². The molecule has 2 nitrogen and oxygen atoms in total. The van der Waals surface area contributed by atoms with Crippen molar-refractivity contribution in [1.29, 1.82) is 0 Å². The quantitative estimate of drug-likeness (QED) is 0.710. The lowest BCUT2D eigenvalue weighted by atomic mass is 10.1. The highest BCUT2D eigenvalue weighted by atomic mass is 16.5. The summed E-state index contributed by atoms with van der Waals surface area (Å²) in [6.45, 7) is 5.28. The van der Waals surface area contributed by atoms with E-state index >= 15 is 0 Å². The van der Waals surface area contributed by atoms with Crippen molar-refractivity contribution in [2.45, 2.75) is 13.8 Å². The Labute approximate surface area is 120 Å². The maximum atomic E-state index is 5.65. The van der Waals surface area contributed by atoms with Crippen LogP contribution in [0.5, 0.6) is 11.5 Å². The minimum absolute atomic E-state index is 0.653. The van der Waals surface area contributed by atoms with E-state index in [-0.39, 0.29) is 0 Å². The van der Waals surface area contributed by atoms with Crippen LogP contribution in [-0.2, 0) is 0 Å². The van der Waals surface area contributed by atoms with E-state index in [9.17, 15) is 0 Å². The highest BCUT2D eigenvalue weighted by molar-refractivity contribution is 5.73. The Morgan fingerprint density at radius 1 is 0.850 bits per heavy atom. The molecule has 0 unspecified atom stereocenters. The number of rotatable bonds is 6. The smallest absolute Gasteiger partial charge is 0.126 e. The van der Waals surface area contributed by atoms with Crippen LogP contribution in [0, 0.1) is 0 Å². The van der Waals surface area contributed by atoms with Gasteiger partial charge in [-0.25, -0.2) is 0 Å². The Hall–Kier alpha value is -2.22. The molecular formula is C18H20O2. The third-order valence-corrected chi connectivity index (χ3v) is 2.85. The molecule has 0 spiro atoms. The summed E-state index contributed by atoms with van der Waals surface area (Å²) in [5, 5.41) is 0. The number of hydrogen-bond acceptors (Lipinski definition) is 2. The van der Waals surface area contributed by atoms with Crippen LogP contribution in [-0.4, -0.2) is 13.2 Å². The second kappa shape index (κ2) is 7.39. The van der Waals surface area contributed by atoms with E-state index in [4.69, 9.17) is 9.47 Å². The normalized spacial score (nSPS) is 10.7. The average Bonchev–Trinajstić information content (AvgIpc) is 2.49. The molecule has 104 valence electrons. The van der Waals surface area contributed by atoms with Gasteiger partial charge in [0.1, 0.15) is 11.5 Å². The Kier molecular flexibility index (Phi) is 5.24. The van der Waals surface area contributed by atoms with Gasteiger partial charge in [-0.3, -0.25) is 0 Å². The minimum atomic E-state index is 0.653. The van der Waals surface area contributed by atoms with Gasteiger partial charge in [-0.05, 0) is 37.6 Å². The molecule has 0 N–H and O–H groups in total. The molecule has 0 heterocycles. The summed E-state index contributed by atoms with van der Waals surface area (Å²) in [5.74, 6) is 1.74. The predicted octanol–water partition coefficient (Wildman–Crippen LogP) is 4.65. The van der Waals surface area contributed by atoms with Gasteiger partial charge in [0.25, 0.3) is 0 Å². The number of ether oxygens (including phenoxy) is 2. The van der Waals surface area contributed by atoms with Crippen molar-refractivity contribution in [3.63, 3.8) is 0 Å². The lowest BCUT2D eigenvalue weighted by molar-refractivity contribution is 0.330. The first-order chi connectivity index (χ1) is 9.83. The van der Waals surface area contributed by atoms with E-state index in [1.165, 1.54) is 0 Å². The molecule has 2 rings (SSSR count). The zero-order valence-electron chi connectivity index (χ0n) is 12.0. The molecule has 0 saturated carbocycles. The molecular weight excluding hydrogens is 248 g/mol. The van der Waals surface area contributed by atoms with Gasteiger partial charge in [-0.15, -0.1) is 0 Å². The summed E-state index contributed by atoms with van der Waals surface area (Å²) in [5.41, 5.74) is 2.19. The maximum Gasteiger partial charge on any atom is 0.126 e. The van der Waals surface area contributed by atoms with Crippen LogP contribution in [0.2, 0.25) is 0 Å². The average molecular weight is 268 g/mol. The maximum absolute atomic E-state index is 5.65. The topological polar surface area (TPSA) is 18.5 Å². The summed E-state index contributed by atoms with van der Waals surface area (Å²) in [6, 6.07) is 16.1. The van der Waals surface area contributed by atoms with Gasteiger partial charge in [0.05, 0.1) is 13.2 Å². The minimum Gasteiger partial charge on any atom is -0.494 e. The SMILES string of the molecule is CCOc1ccc(OCC)c(/C=C/c2ccccc2)c1. The van der Waals surface area contributed by atoms with E-state index in [1.54, 1.807) is 0 Å². The van der Waals surface area contributed by atoms with Crippen molar-refractivity contribution in [2.75, 3.05) is 13.2 Å². The summed E-state index contributed by atoms with van der Waals surface area (Å²) in [4.78, 5) is 0. The van der Waals surface area contributed by atoms with Gasteiger partial charge in [0, 0.05) is 5.56 Å². The molecule has 0 atom stereocenters. The van der Waals surface area contributed by atoms with Crippen LogP contribution < -0.4 is 9.47 Å². The molecule has 2 aromatic carbocycles. The van der Waals surface area contributed by atoms with Crippen molar-refractivity contribution < 1.29 is 9.47 Å². The largest absolute Gasteiger partial charge is 0.494 e. The fourth-order valence-corrected chi connectivity index (χ4v) is 1.95. The van der Waals surface area contributed by atoms with Gasteiger partial charge >= 0.3 is 0 Å². The number of benzene rings is 2. The zero-order valence-corrected chi connectivity index (χ0v) is 12.0. The standard InChI is InChI=1S/C18H20O2/c1-3-19-17-12-13-18(20-4-2)16(14-17)11-10-15-8-6-5-7-9-15/h5-14H,3-4H2,1-2H3/b11-10+. The van der Waals surface area contributed by atoms with E-state index < -0.39 is 0 Å². The van der Waals surface area contributed by atoms with Crippen LogP contribution >= 0.6 is 0 Å². The Morgan fingerprint density at radius 2 is 1.60 bits per heavy atom. The highest BCUT2D eigenvalue weighted by Crippen LogP contribution is 2.26. The van der Waals surface area contributed by atoms with Crippen LogP contribution in [0.4, 0.5) is 0 Å². The van der Waals surface area contributed by atoms with Crippen LogP contribution in [0.1, 0.15) is 25.0 Å². The summed E-state index contributed by atoms with van der Waals surface area (Å²) in [6.07, 6.45) is 4.14. The molecule has 0 aromatic heterocycles. The second-order valence-corrected chi connectivity index (χ2v) is 4.31. The van der Waals surface area contributed by atoms with E-state index in [1.807, 2.05) is 50.2 Å². The van der Waals surface area contributed by atoms with Crippen LogP contribution in [0.3, 0.4) is 0 Å². The summed E-state index contributed by atoms with van der Waals surface area (Å²) >= 11 is 0. The fraction of sp³-hybridized carbons (Fsp3) is 0.222. The Bertz CT molecular complexity index is 559.